The SMILES string of the molecule is C(CCCNCCCNCC1CCCCC1)CCCNCCCNCC1CCCCC1. The van der Waals surface area contributed by atoms with E-state index < -0.39 is 0 Å². The summed E-state index contributed by atoms with van der Waals surface area (Å²) < 4.78 is 0. The Morgan fingerprint density at radius 2 is 0.710 bits per heavy atom. The van der Waals surface area contributed by atoms with E-state index >= 15 is 0 Å². The molecule has 0 aromatic heterocycles. The van der Waals surface area contributed by atoms with Gasteiger partial charge in [-0.15, -0.1) is 0 Å². The van der Waals surface area contributed by atoms with Gasteiger partial charge in [-0.3, -0.25) is 0 Å². The molecule has 2 aliphatic carbocycles. The molecule has 0 aromatic carbocycles. The first-order chi connectivity index (χ1) is 15.4. The summed E-state index contributed by atoms with van der Waals surface area (Å²) in [7, 11) is 0. The van der Waals surface area contributed by atoms with Crippen molar-refractivity contribution in [2.45, 2.75) is 109 Å². The fourth-order valence-electron chi connectivity index (χ4n) is 5.35. The predicted octanol–water partition coefficient (Wildman–Crippen LogP) is 5.24. The highest BCUT2D eigenvalue weighted by molar-refractivity contribution is 4.69. The fourth-order valence-corrected chi connectivity index (χ4v) is 5.35. The van der Waals surface area contributed by atoms with Crippen molar-refractivity contribution in [2.75, 3.05) is 52.4 Å². The molecule has 31 heavy (non-hydrogen) atoms. The van der Waals surface area contributed by atoms with Crippen molar-refractivity contribution < 1.29 is 0 Å². The number of nitrogens with one attached hydrogen (secondary N) is 4. The van der Waals surface area contributed by atoms with Crippen molar-refractivity contribution in [1.82, 2.24) is 21.3 Å². The number of rotatable bonds is 20. The van der Waals surface area contributed by atoms with Gasteiger partial charge < -0.3 is 21.3 Å². The smallest absolute Gasteiger partial charge is 0.00205 e. The fraction of sp³-hybridized carbons (Fsp3) is 1.00. The van der Waals surface area contributed by atoms with Crippen molar-refractivity contribution in [2.24, 2.45) is 11.8 Å². The van der Waals surface area contributed by atoms with Gasteiger partial charge in [0.05, 0.1) is 0 Å². The van der Waals surface area contributed by atoms with Gasteiger partial charge in [0, 0.05) is 0 Å². The van der Waals surface area contributed by atoms with Gasteiger partial charge in [0.15, 0.2) is 0 Å². The molecule has 0 amide bonds. The first-order valence-corrected chi connectivity index (χ1v) is 14.3. The van der Waals surface area contributed by atoms with Crippen LogP contribution < -0.4 is 21.3 Å². The van der Waals surface area contributed by atoms with Gasteiger partial charge in [0.1, 0.15) is 0 Å². The van der Waals surface area contributed by atoms with E-state index in [9.17, 15) is 0 Å². The molecule has 0 aromatic rings. The van der Waals surface area contributed by atoms with E-state index in [-0.39, 0.29) is 0 Å². The molecule has 4 nitrogen and oxygen atoms in total. The minimum absolute atomic E-state index is 0.963. The third-order valence-corrected chi connectivity index (χ3v) is 7.44. The van der Waals surface area contributed by atoms with Crippen LogP contribution in [0.4, 0.5) is 0 Å². The van der Waals surface area contributed by atoms with Crippen molar-refractivity contribution in [3.05, 3.63) is 0 Å². The minimum Gasteiger partial charge on any atom is -0.317 e. The van der Waals surface area contributed by atoms with E-state index in [2.05, 4.69) is 21.3 Å². The summed E-state index contributed by atoms with van der Waals surface area (Å²) in [5, 5.41) is 14.6. The average molecular weight is 437 g/mol. The van der Waals surface area contributed by atoms with Crippen LogP contribution in [0.25, 0.3) is 0 Å². The molecule has 2 fully saturated rings. The Morgan fingerprint density at radius 1 is 0.355 bits per heavy atom. The zero-order valence-corrected chi connectivity index (χ0v) is 20.8. The summed E-state index contributed by atoms with van der Waals surface area (Å²) in [6.45, 7) is 9.65. The van der Waals surface area contributed by atoms with Gasteiger partial charge in [-0.1, -0.05) is 57.8 Å². The van der Waals surface area contributed by atoms with Crippen LogP contribution in [-0.4, -0.2) is 52.4 Å². The molecule has 0 spiro atoms. The van der Waals surface area contributed by atoms with Crippen molar-refractivity contribution in [3.63, 3.8) is 0 Å². The quantitative estimate of drug-likeness (QED) is 0.197. The van der Waals surface area contributed by atoms with Crippen molar-refractivity contribution in [1.29, 1.82) is 0 Å². The van der Waals surface area contributed by atoms with Crippen molar-refractivity contribution >= 4 is 0 Å². The molecule has 0 saturated heterocycles. The maximum Gasteiger partial charge on any atom is -0.00205 e. The standard InChI is InChI=1S/C27H56N4/c1(2-10-18-28-20-12-22-30-24-26-14-6-4-7-15-26)3-11-19-29-21-13-23-31-25-27-16-8-5-9-17-27/h26-31H,1-25H2. The van der Waals surface area contributed by atoms with Crippen LogP contribution in [0.3, 0.4) is 0 Å². The maximum atomic E-state index is 3.67. The molecule has 2 aliphatic rings. The average Bonchev–Trinajstić information content (AvgIpc) is 2.82. The van der Waals surface area contributed by atoms with Crippen LogP contribution in [0, 0.1) is 11.8 Å². The second-order valence-electron chi connectivity index (χ2n) is 10.4. The first-order valence-electron chi connectivity index (χ1n) is 14.3. The monoisotopic (exact) mass is 436 g/mol. The van der Waals surface area contributed by atoms with E-state index in [0.717, 1.165) is 11.8 Å². The summed E-state index contributed by atoms with van der Waals surface area (Å²) in [6.07, 6.45) is 24.0. The lowest BCUT2D eigenvalue weighted by atomic mass is 9.89. The van der Waals surface area contributed by atoms with Gasteiger partial charge in [0.25, 0.3) is 0 Å². The van der Waals surface area contributed by atoms with Gasteiger partial charge in [-0.25, -0.2) is 0 Å². The van der Waals surface area contributed by atoms with Crippen LogP contribution in [0.5, 0.6) is 0 Å². The van der Waals surface area contributed by atoms with E-state index in [1.807, 2.05) is 0 Å². The lowest BCUT2D eigenvalue weighted by Crippen LogP contribution is -2.27. The highest BCUT2D eigenvalue weighted by Crippen LogP contribution is 2.23. The van der Waals surface area contributed by atoms with Crippen LogP contribution >= 0.6 is 0 Å². The zero-order valence-electron chi connectivity index (χ0n) is 20.8. The van der Waals surface area contributed by atoms with E-state index in [1.165, 1.54) is 162 Å². The van der Waals surface area contributed by atoms with Gasteiger partial charge in [-0.2, -0.15) is 0 Å². The normalized spacial score (nSPS) is 18.6. The highest BCUT2D eigenvalue weighted by Gasteiger charge is 2.12. The lowest BCUT2D eigenvalue weighted by Gasteiger charge is -2.21. The Morgan fingerprint density at radius 3 is 1.16 bits per heavy atom. The second-order valence-corrected chi connectivity index (χ2v) is 10.4. The first kappa shape index (κ1) is 27.1. The molecule has 0 unspecified atom stereocenters. The molecule has 2 saturated carbocycles. The van der Waals surface area contributed by atoms with Crippen LogP contribution in [0.2, 0.25) is 0 Å². The maximum absolute atomic E-state index is 3.67. The Balaban J connectivity index is 1.18. The highest BCUT2D eigenvalue weighted by atomic mass is 14.9. The van der Waals surface area contributed by atoms with Gasteiger partial charge in [-0.05, 0) is 116 Å². The Bertz CT molecular complexity index is 330. The Kier molecular flexibility index (Phi) is 17.9. The third-order valence-electron chi connectivity index (χ3n) is 7.44. The molecule has 0 bridgehead atoms. The summed E-state index contributed by atoms with van der Waals surface area (Å²) in [5.41, 5.74) is 0. The third kappa shape index (κ3) is 16.2. The zero-order chi connectivity index (χ0) is 21.7. The van der Waals surface area contributed by atoms with Crippen LogP contribution in [0.15, 0.2) is 0 Å². The van der Waals surface area contributed by atoms with Gasteiger partial charge in [0.2, 0.25) is 0 Å². The van der Waals surface area contributed by atoms with E-state index in [0.29, 0.717) is 0 Å². The molecule has 2 rings (SSSR count). The van der Waals surface area contributed by atoms with E-state index in [1.54, 1.807) is 0 Å². The summed E-state index contributed by atoms with van der Waals surface area (Å²) in [6, 6.07) is 0. The molecule has 0 heterocycles. The molecule has 0 radical (unpaired) electrons. The van der Waals surface area contributed by atoms with Crippen LogP contribution in [-0.2, 0) is 0 Å². The van der Waals surface area contributed by atoms with Gasteiger partial charge >= 0.3 is 0 Å². The number of unbranched alkanes of at least 4 members (excludes halogenated alkanes) is 4. The van der Waals surface area contributed by atoms with Crippen LogP contribution in [0.1, 0.15) is 109 Å². The second kappa shape index (κ2) is 20.4. The summed E-state index contributed by atoms with van der Waals surface area (Å²) in [4.78, 5) is 0. The molecule has 0 atom stereocenters. The largest absolute Gasteiger partial charge is 0.317 e. The number of hydrogen-bond donors (Lipinski definition) is 4. The predicted molar refractivity (Wildman–Crippen MR) is 137 cm³/mol. The summed E-state index contributed by atoms with van der Waals surface area (Å²) in [5.74, 6) is 1.93. The lowest BCUT2D eigenvalue weighted by molar-refractivity contribution is 0.342. The Labute approximate surface area is 194 Å². The molecule has 184 valence electrons. The Hall–Kier alpha value is -0.160. The molecular formula is C27H56N4. The number of hydrogen-bond acceptors (Lipinski definition) is 4. The molecule has 4 N–H and O–H groups in total. The topological polar surface area (TPSA) is 48.1 Å². The minimum atomic E-state index is 0.963. The van der Waals surface area contributed by atoms with Crippen molar-refractivity contribution in [3.8, 4) is 0 Å². The molecule has 0 aliphatic heterocycles. The summed E-state index contributed by atoms with van der Waals surface area (Å²) >= 11 is 0. The molecule has 4 heteroatoms. The van der Waals surface area contributed by atoms with E-state index in [4.69, 9.17) is 0 Å². The molecular weight excluding hydrogens is 380 g/mol.